The summed E-state index contributed by atoms with van der Waals surface area (Å²) in [6.07, 6.45) is 2.98. The fourth-order valence-electron chi connectivity index (χ4n) is 3.18. The van der Waals surface area contributed by atoms with Crippen molar-refractivity contribution >= 4 is 34.3 Å². The Labute approximate surface area is 189 Å². The number of benzene rings is 2. The summed E-state index contributed by atoms with van der Waals surface area (Å²) in [5.41, 5.74) is 2.22. The third-order valence-electron chi connectivity index (χ3n) is 4.68. The second-order valence-electron chi connectivity index (χ2n) is 6.67. The topological polar surface area (TPSA) is 73.9 Å². The maximum Gasteiger partial charge on any atom is 0.341 e. The molecule has 0 aliphatic carbocycles. The number of ether oxygens (including phenoxy) is 3. The van der Waals surface area contributed by atoms with Gasteiger partial charge in [-0.1, -0.05) is 18.2 Å². The molecule has 8 heteroatoms. The molecule has 0 saturated heterocycles. The van der Waals surface area contributed by atoms with Crippen molar-refractivity contribution in [2.24, 2.45) is 0 Å². The van der Waals surface area contributed by atoms with E-state index < -0.39 is 11.9 Å². The van der Waals surface area contributed by atoms with Crippen LogP contribution in [-0.4, -0.2) is 33.2 Å². The molecule has 1 heterocycles. The maximum atomic E-state index is 13.4. The second kappa shape index (κ2) is 10.1. The summed E-state index contributed by atoms with van der Waals surface area (Å²) >= 11 is 1.25. The van der Waals surface area contributed by atoms with E-state index in [4.69, 9.17) is 14.2 Å². The third kappa shape index (κ3) is 4.97. The number of halogens is 1. The van der Waals surface area contributed by atoms with Crippen LogP contribution >= 0.6 is 11.3 Å². The fourth-order valence-corrected chi connectivity index (χ4v) is 4.24. The van der Waals surface area contributed by atoms with E-state index in [1.807, 2.05) is 6.92 Å². The molecule has 0 spiro atoms. The van der Waals surface area contributed by atoms with Crippen LogP contribution in [0.2, 0.25) is 0 Å². The summed E-state index contributed by atoms with van der Waals surface area (Å²) < 4.78 is 28.8. The molecule has 0 aliphatic heterocycles. The molecular formula is C24H22FNO5S. The molecule has 0 aliphatic rings. The first kappa shape index (κ1) is 23.0. The minimum absolute atomic E-state index is 0.231. The quantitative estimate of drug-likeness (QED) is 0.386. The van der Waals surface area contributed by atoms with Crippen LogP contribution in [0.15, 0.2) is 48.5 Å². The Morgan fingerprint density at radius 1 is 1.00 bits per heavy atom. The van der Waals surface area contributed by atoms with Gasteiger partial charge in [0.25, 0.3) is 0 Å². The number of nitrogens with one attached hydrogen (secondary N) is 1. The number of carbonyl (C=O) groups excluding carboxylic acids is 2. The zero-order valence-electron chi connectivity index (χ0n) is 18.0. The molecule has 0 saturated carbocycles. The standard InChI is InChI=1S/C24H22FNO5S/c1-14-21(16-7-9-17(25)10-8-16)22(24(28)31-4)23(32-14)26-20(27)12-6-15-5-11-18(29-2)19(13-15)30-3/h5-13H,1-4H3,(H,26,27)/b12-6+. The predicted molar refractivity (Wildman–Crippen MR) is 123 cm³/mol. The van der Waals surface area contributed by atoms with Gasteiger partial charge in [0.15, 0.2) is 11.5 Å². The number of amides is 1. The first-order chi connectivity index (χ1) is 15.4. The van der Waals surface area contributed by atoms with Crippen molar-refractivity contribution < 1.29 is 28.2 Å². The summed E-state index contributed by atoms with van der Waals surface area (Å²) in [5.74, 6) is -0.264. The monoisotopic (exact) mass is 455 g/mol. The van der Waals surface area contributed by atoms with Crippen molar-refractivity contribution in [2.75, 3.05) is 26.6 Å². The van der Waals surface area contributed by atoms with Crippen LogP contribution in [0.3, 0.4) is 0 Å². The van der Waals surface area contributed by atoms with Crippen LogP contribution < -0.4 is 14.8 Å². The van der Waals surface area contributed by atoms with Crippen molar-refractivity contribution in [3.63, 3.8) is 0 Å². The lowest BCUT2D eigenvalue weighted by Gasteiger charge is -2.08. The van der Waals surface area contributed by atoms with Gasteiger partial charge in [-0.15, -0.1) is 11.3 Å². The average Bonchev–Trinajstić information content (AvgIpc) is 3.12. The molecule has 1 N–H and O–H groups in total. The van der Waals surface area contributed by atoms with Gasteiger partial charge in [-0.2, -0.15) is 0 Å². The largest absolute Gasteiger partial charge is 0.493 e. The van der Waals surface area contributed by atoms with Gasteiger partial charge < -0.3 is 19.5 Å². The molecule has 32 heavy (non-hydrogen) atoms. The van der Waals surface area contributed by atoms with E-state index in [2.05, 4.69) is 5.32 Å². The molecule has 3 rings (SSSR count). The number of rotatable bonds is 7. The first-order valence-corrected chi connectivity index (χ1v) is 10.4. The zero-order valence-corrected chi connectivity index (χ0v) is 18.8. The normalized spacial score (nSPS) is 10.8. The van der Waals surface area contributed by atoms with Gasteiger partial charge in [0.1, 0.15) is 16.4 Å². The second-order valence-corrected chi connectivity index (χ2v) is 7.90. The minimum atomic E-state index is -0.590. The molecule has 0 bridgehead atoms. The molecule has 6 nitrogen and oxygen atoms in total. The van der Waals surface area contributed by atoms with E-state index >= 15 is 0 Å². The fraction of sp³-hybridized carbons (Fsp3) is 0.167. The van der Waals surface area contributed by atoms with Crippen molar-refractivity contribution in [2.45, 2.75) is 6.92 Å². The number of carbonyl (C=O) groups is 2. The molecule has 1 aromatic heterocycles. The van der Waals surface area contributed by atoms with E-state index in [0.29, 0.717) is 27.6 Å². The Balaban J connectivity index is 1.89. The highest BCUT2D eigenvalue weighted by Gasteiger charge is 2.24. The van der Waals surface area contributed by atoms with Crippen molar-refractivity contribution in [1.29, 1.82) is 0 Å². The summed E-state index contributed by atoms with van der Waals surface area (Å²) in [5, 5.41) is 3.11. The molecule has 0 radical (unpaired) electrons. The zero-order chi connectivity index (χ0) is 23.3. The van der Waals surface area contributed by atoms with E-state index in [-0.39, 0.29) is 11.4 Å². The lowest BCUT2D eigenvalue weighted by atomic mass is 10.0. The van der Waals surface area contributed by atoms with Crippen molar-refractivity contribution in [3.05, 3.63) is 70.4 Å². The number of aryl methyl sites for hydroxylation is 1. The average molecular weight is 456 g/mol. The van der Waals surface area contributed by atoms with Gasteiger partial charge in [-0.3, -0.25) is 4.79 Å². The lowest BCUT2D eigenvalue weighted by molar-refractivity contribution is -0.111. The molecule has 0 fully saturated rings. The van der Waals surface area contributed by atoms with E-state index in [0.717, 1.165) is 10.4 Å². The van der Waals surface area contributed by atoms with Crippen LogP contribution in [0.5, 0.6) is 11.5 Å². The number of hydrogen-bond donors (Lipinski definition) is 1. The predicted octanol–water partition coefficient (Wildman–Crippen LogP) is 5.32. The summed E-state index contributed by atoms with van der Waals surface area (Å²) in [7, 11) is 4.35. The molecule has 3 aromatic rings. The summed E-state index contributed by atoms with van der Waals surface area (Å²) in [6.45, 7) is 1.82. The van der Waals surface area contributed by atoms with E-state index in [1.54, 1.807) is 43.5 Å². The highest BCUT2D eigenvalue weighted by atomic mass is 32.1. The third-order valence-corrected chi connectivity index (χ3v) is 5.70. The number of anilines is 1. The Morgan fingerprint density at radius 3 is 2.31 bits per heavy atom. The van der Waals surface area contributed by atoms with Crippen molar-refractivity contribution in [3.8, 4) is 22.6 Å². The van der Waals surface area contributed by atoms with E-state index in [1.165, 1.54) is 43.8 Å². The van der Waals surface area contributed by atoms with Gasteiger partial charge in [0.2, 0.25) is 5.91 Å². The number of methoxy groups -OCH3 is 3. The molecule has 1 amide bonds. The van der Waals surface area contributed by atoms with Gasteiger partial charge in [0.05, 0.1) is 21.3 Å². The van der Waals surface area contributed by atoms with Gasteiger partial charge in [0, 0.05) is 16.5 Å². The van der Waals surface area contributed by atoms with Gasteiger partial charge in [-0.25, -0.2) is 9.18 Å². The Kier molecular flexibility index (Phi) is 7.27. The number of esters is 1. The summed E-state index contributed by atoms with van der Waals surface area (Å²) in [4.78, 5) is 25.9. The number of hydrogen-bond acceptors (Lipinski definition) is 6. The van der Waals surface area contributed by atoms with Crippen LogP contribution in [0.25, 0.3) is 17.2 Å². The van der Waals surface area contributed by atoms with E-state index in [9.17, 15) is 14.0 Å². The Morgan fingerprint density at radius 2 is 1.69 bits per heavy atom. The van der Waals surface area contributed by atoms with Crippen LogP contribution in [-0.2, 0) is 9.53 Å². The highest BCUT2D eigenvalue weighted by molar-refractivity contribution is 7.17. The number of thiophene rings is 1. The Bertz CT molecular complexity index is 1170. The molecular weight excluding hydrogens is 433 g/mol. The minimum Gasteiger partial charge on any atom is -0.493 e. The maximum absolute atomic E-state index is 13.4. The lowest BCUT2D eigenvalue weighted by Crippen LogP contribution is -2.11. The molecule has 0 atom stereocenters. The van der Waals surface area contributed by atoms with Crippen LogP contribution in [0.4, 0.5) is 9.39 Å². The van der Waals surface area contributed by atoms with Crippen LogP contribution in [0.1, 0.15) is 20.8 Å². The SMILES string of the molecule is COC(=O)c1c(NC(=O)/C=C/c2ccc(OC)c(OC)c2)sc(C)c1-c1ccc(F)cc1. The summed E-state index contributed by atoms with van der Waals surface area (Å²) in [6, 6.07) is 11.1. The molecule has 0 unspecified atom stereocenters. The smallest absolute Gasteiger partial charge is 0.341 e. The Hall–Kier alpha value is -3.65. The molecule has 2 aromatic carbocycles. The van der Waals surface area contributed by atoms with Crippen molar-refractivity contribution in [1.82, 2.24) is 0 Å². The molecule has 166 valence electrons. The first-order valence-electron chi connectivity index (χ1n) is 9.56. The van der Waals surface area contributed by atoms with Crippen LogP contribution in [0, 0.1) is 12.7 Å². The van der Waals surface area contributed by atoms with Gasteiger partial charge in [-0.05, 0) is 48.4 Å². The van der Waals surface area contributed by atoms with Gasteiger partial charge >= 0.3 is 5.97 Å². The highest BCUT2D eigenvalue weighted by Crippen LogP contribution is 2.40.